The average molecular weight is 345 g/mol. The summed E-state index contributed by atoms with van der Waals surface area (Å²) in [6.07, 6.45) is 0. The highest BCUT2D eigenvalue weighted by molar-refractivity contribution is 9.11. The zero-order valence-electron chi connectivity index (χ0n) is 9.89. The number of nitrogens with zero attached hydrogens (tertiary/aromatic N) is 1. The van der Waals surface area contributed by atoms with Crippen molar-refractivity contribution in [2.45, 2.75) is 13.0 Å². The molecular formula is C12H10BrFN2O2S. The molecule has 2 aromatic rings. The lowest BCUT2D eigenvalue weighted by atomic mass is 10.2. The molecule has 0 aliphatic rings. The highest BCUT2D eigenvalue weighted by Gasteiger charge is 2.14. The van der Waals surface area contributed by atoms with E-state index >= 15 is 0 Å². The van der Waals surface area contributed by atoms with Crippen LogP contribution in [0.1, 0.15) is 17.8 Å². The quantitative estimate of drug-likeness (QED) is 0.644. The molecule has 100 valence electrons. The van der Waals surface area contributed by atoms with Gasteiger partial charge in [0.05, 0.1) is 26.5 Å². The summed E-state index contributed by atoms with van der Waals surface area (Å²) in [5.41, 5.74) is -0.00260. The van der Waals surface area contributed by atoms with E-state index in [-0.39, 0.29) is 17.4 Å². The summed E-state index contributed by atoms with van der Waals surface area (Å²) in [7, 11) is 0. The number of thiophene rings is 1. The van der Waals surface area contributed by atoms with Crippen molar-refractivity contribution in [3.05, 3.63) is 54.9 Å². The number of non-ortho nitro benzene ring substituents is 1. The van der Waals surface area contributed by atoms with E-state index in [1.54, 1.807) is 11.3 Å². The van der Waals surface area contributed by atoms with Gasteiger partial charge >= 0.3 is 0 Å². The average Bonchev–Trinajstić information content (AvgIpc) is 2.78. The number of hydrogen-bond acceptors (Lipinski definition) is 4. The van der Waals surface area contributed by atoms with Gasteiger partial charge in [-0.2, -0.15) is 0 Å². The Kier molecular flexibility index (Phi) is 4.16. The molecule has 0 saturated carbocycles. The number of nitrogens with one attached hydrogen (secondary N) is 1. The van der Waals surface area contributed by atoms with Crippen molar-refractivity contribution in [3.63, 3.8) is 0 Å². The van der Waals surface area contributed by atoms with Gasteiger partial charge in [-0.3, -0.25) is 10.1 Å². The first-order valence-corrected chi connectivity index (χ1v) is 7.04. The molecule has 4 nitrogen and oxygen atoms in total. The topological polar surface area (TPSA) is 55.2 Å². The van der Waals surface area contributed by atoms with Crippen molar-refractivity contribution in [1.82, 2.24) is 0 Å². The molecule has 1 aromatic heterocycles. The van der Waals surface area contributed by atoms with Crippen LogP contribution in [0.4, 0.5) is 15.8 Å². The van der Waals surface area contributed by atoms with Gasteiger partial charge in [-0.25, -0.2) is 4.39 Å². The Bertz CT molecular complexity index is 618. The lowest BCUT2D eigenvalue weighted by molar-refractivity contribution is -0.385. The summed E-state index contributed by atoms with van der Waals surface area (Å²) in [4.78, 5) is 11.0. The molecule has 0 amide bonds. The van der Waals surface area contributed by atoms with Crippen LogP contribution in [-0.2, 0) is 0 Å². The molecule has 7 heteroatoms. The van der Waals surface area contributed by atoms with Crippen LogP contribution in [0.3, 0.4) is 0 Å². The summed E-state index contributed by atoms with van der Waals surface area (Å²) in [6, 6.07) is 7.36. The number of halogens is 2. The molecule has 0 aliphatic heterocycles. The van der Waals surface area contributed by atoms with Crippen LogP contribution >= 0.6 is 27.3 Å². The van der Waals surface area contributed by atoms with E-state index in [2.05, 4.69) is 21.2 Å². The summed E-state index contributed by atoms with van der Waals surface area (Å²) >= 11 is 4.92. The molecule has 0 spiro atoms. The number of nitro groups is 1. The van der Waals surface area contributed by atoms with Crippen LogP contribution in [0, 0.1) is 15.9 Å². The summed E-state index contributed by atoms with van der Waals surface area (Å²) in [5.74, 6) is -0.628. The van der Waals surface area contributed by atoms with Gasteiger partial charge in [-0.1, -0.05) is 0 Å². The Morgan fingerprint density at radius 2 is 2.16 bits per heavy atom. The Labute approximate surface area is 121 Å². The lowest BCUT2D eigenvalue weighted by Gasteiger charge is -2.14. The third kappa shape index (κ3) is 3.30. The maximum absolute atomic E-state index is 13.7. The Hall–Kier alpha value is -1.47. The Morgan fingerprint density at radius 3 is 2.68 bits per heavy atom. The van der Waals surface area contributed by atoms with Crippen molar-refractivity contribution >= 4 is 38.6 Å². The van der Waals surface area contributed by atoms with Gasteiger partial charge in [0.25, 0.3) is 5.69 Å². The maximum atomic E-state index is 13.7. The van der Waals surface area contributed by atoms with Crippen LogP contribution in [0.2, 0.25) is 0 Å². The molecule has 1 atom stereocenters. The zero-order valence-corrected chi connectivity index (χ0v) is 12.3. The van der Waals surface area contributed by atoms with Gasteiger partial charge in [-0.05, 0) is 41.1 Å². The van der Waals surface area contributed by atoms with E-state index < -0.39 is 10.7 Å². The predicted molar refractivity (Wildman–Crippen MR) is 77.1 cm³/mol. The van der Waals surface area contributed by atoms with Gasteiger partial charge in [-0.15, -0.1) is 11.3 Å². The fourth-order valence-electron chi connectivity index (χ4n) is 1.60. The first-order chi connectivity index (χ1) is 8.97. The normalized spacial score (nSPS) is 12.2. The highest BCUT2D eigenvalue weighted by atomic mass is 79.9. The predicted octanol–water partition coefficient (Wildman–Crippen LogP) is 4.73. The molecule has 0 radical (unpaired) electrons. The van der Waals surface area contributed by atoms with Gasteiger partial charge in [0.2, 0.25) is 0 Å². The number of rotatable bonds is 4. The first kappa shape index (κ1) is 14.0. The fourth-order valence-corrected chi connectivity index (χ4v) is 3.03. The summed E-state index contributed by atoms with van der Waals surface area (Å²) in [6.45, 7) is 1.90. The molecule has 0 saturated heterocycles. The first-order valence-electron chi connectivity index (χ1n) is 5.43. The fraction of sp³-hybridized carbons (Fsp3) is 0.167. The van der Waals surface area contributed by atoms with Gasteiger partial charge in [0.1, 0.15) is 0 Å². The van der Waals surface area contributed by atoms with Crippen LogP contribution in [0.25, 0.3) is 0 Å². The van der Waals surface area contributed by atoms with Crippen molar-refractivity contribution in [2.24, 2.45) is 0 Å². The number of nitro benzene ring substituents is 1. The van der Waals surface area contributed by atoms with Gasteiger partial charge < -0.3 is 5.32 Å². The van der Waals surface area contributed by atoms with Gasteiger partial charge in [0, 0.05) is 10.9 Å². The lowest BCUT2D eigenvalue weighted by Crippen LogP contribution is -2.06. The number of benzene rings is 1. The van der Waals surface area contributed by atoms with Crippen molar-refractivity contribution in [2.75, 3.05) is 5.32 Å². The van der Waals surface area contributed by atoms with E-state index in [0.717, 1.165) is 14.7 Å². The largest absolute Gasteiger partial charge is 0.375 e. The highest BCUT2D eigenvalue weighted by Crippen LogP contribution is 2.30. The molecule has 1 unspecified atom stereocenters. The minimum atomic E-state index is -0.628. The van der Waals surface area contributed by atoms with Crippen molar-refractivity contribution in [1.29, 1.82) is 0 Å². The molecule has 0 aliphatic carbocycles. The Balaban J connectivity index is 2.17. The van der Waals surface area contributed by atoms with Crippen LogP contribution < -0.4 is 5.32 Å². The molecule has 1 aromatic carbocycles. The third-order valence-electron chi connectivity index (χ3n) is 2.56. The molecule has 1 N–H and O–H groups in total. The SMILES string of the molecule is CC(Nc1ccc([N+](=O)[O-])cc1F)c1ccc(Br)s1. The standard InChI is InChI=1S/C12H10BrFN2O2S/c1-7(11-4-5-12(13)19-11)15-10-3-2-8(16(17)18)6-9(10)14/h2-7,15H,1H3. The smallest absolute Gasteiger partial charge is 0.272 e. The minimum absolute atomic E-state index is 0.0766. The molecule has 1 heterocycles. The monoisotopic (exact) mass is 344 g/mol. The Morgan fingerprint density at radius 1 is 1.42 bits per heavy atom. The van der Waals surface area contributed by atoms with Crippen molar-refractivity contribution in [3.8, 4) is 0 Å². The second-order valence-corrected chi connectivity index (χ2v) is 6.42. The molecule has 19 heavy (non-hydrogen) atoms. The summed E-state index contributed by atoms with van der Waals surface area (Å²) in [5, 5.41) is 13.5. The minimum Gasteiger partial charge on any atom is -0.375 e. The maximum Gasteiger partial charge on any atom is 0.272 e. The molecule has 0 bridgehead atoms. The van der Waals surface area contributed by atoms with E-state index in [4.69, 9.17) is 0 Å². The molecule has 0 fully saturated rings. The second-order valence-electron chi connectivity index (χ2n) is 3.93. The van der Waals surface area contributed by atoms with Crippen LogP contribution in [-0.4, -0.2) is 4.92 Å². The zero-order chi connectivity index (χ0) is 14.0. The van der Waals surface area contributed by atoms with Crippen LogP contribution in [0.15, 0.2) is 34.1 Å². The van der Waals surface area contributed by atoms with E-state index in [1.807, 2.05) is 19.1 Å². The molecule has 2 rings (SSSR count). The van der Waals surface area contributed by atoms with Crippen molar-refractivity contribution < 1.29 is 9.31 Å². The second kappa shape index (κ2) is 5.66. The number of anilines is 1. The number of hydrogen-bond donors (Lipinski definition) is 1. The van der Waals surface area contributed by atoms with E-state index in [0.29, 0.717) is 0 Å². The van der Waals surface area contributed by atoms with Gasteiger partial charge in [0.15, 0.2) is 5.82 Å². The van der Waals surface area contributed by atoms with E-state index in [9.17, 15) is 14.5 Å². The molecular weight excluding hydrogens is 335 g/mol. The van der Waals surface area contributed by atoms with Crippen LogP contribution in [0.5, 0.6) is 0 Å². The summed E-state index contributed by atoms with van der Waals surface area (Å²) < 4.78 is 14.7. The third-order valence-corrected chi connectivity index (χ3v) is 4.36. The van der Waals surface area contributed by atoms with E-state index in [1.165, 1.54) is 12.1 Å².